The maximum Gasteiger partial charge on any atom is 0.225 e. The fourth-order valence-corrected chi connectivity index (χ4v) is 5.23. The lowest BCUT2D eigenvalue weighted by molar-refractivity contribution is -0.122. The minimum atomic E-state index is -1.09. The molecule has 0 unspecified atom stereocenters. The van der Waals surface area contributed by atoms with Crippen LogP contribution in [0.3, 0.4) is 0 Å². The number of fused-ring (bicyclic) bond motifs is 1. The smallest absolute Gasteiger partial charge is 0.225 e. The van der Waals surface area contributed by atoms with E-state index in [1.165, 1.54) is 6.20 Å². The number of primary amides is 1. The number of halogens is 3. The zero-order chi connectivity index (χ0) is 25.4. The van der Waals surface area contributed by atoms with Gasteiger partial charge in [-0.25, -0.2) is 23.1 Å². The third-order valence-corrected chi connectivity index (χ3v) is 7.18. The van der Waals surface area contributed by atoms with Crippen LogP contribution in [0.25, 0.3) is 11.2 Å². The van der Waals surface area contributed by atoms with Gasteiger partial charge in [-0.3, -0.25) is 9.36 Å². The van der Waals surface area contributed by atoms with E-state index in [4.69, 9.17) is 5.73 Å². The third kappa shape index (κ3) is 4.81. The van der Waals surface area contributed by atoms with Crippen LogP contribution < -0.4 is 16.4 Å². The van der Waals surface area contributed by atoms with Crippen molar-refractivity contribution in [2.45, 2.75) is 69.6 Å². The molecule has 0 radical (unpaired) electrons. The third-order valence-electron chi connectivity index (χ3n) is 7.18. The largest absolute Gasteiger partial charge is 0.391 e. The van der Waals surface area contributed by atoms with E-state index in [9.17, 15) is 23.1 Å². The van der Waals surface area contributed by atoms with Crippen LogP contribution >= 0.6 is 0 Å². The summed E-state index contributed by atoms with van der Waals surface area (Å²) in [5.41, 5.74) is 5.79. The molecule has 36 heavy (non-hydrogen) atoms. The van der Waals surface area contributed by atoms with Gasteiger partial charge >= 0.3 is 0 Å². The van der Waals surface area contributed by atoms with Crippen molar-refractivity contribution in [3.05, 3.63) is 35.8 Å². The van der Waals surface area contributed by atoms with Gasteiger partial charge in [0.05, 0.1) is 18.3 Å². The van der Waals surface area contributed by atoms with Gasteiger partial charge < -0.3 is 21.5 Å². The van der Waals surface area contributed by atoms with E-state index in [2.05, 4.69) is 25.6 Å². The van der Waals surface area contributed by atoms with Crippen LogP contribution in [0.4, 0.5) is 30.8 Å². The number of rotatable bonds is 6. The quantitative estimate of drug-likeness (QED) is 0.401. The zero-order valence-corrected chi connectivity index (χ0v) is 19.6. The van der Waals surface area contributed by atoms with Gasteiger partial charge in [0, 0.05) is 24.1 Å². The number of carbonyl (C=O) groups excluding carboxylic acids is 1. The molecule has 192 valence electrons. The number of nitrogens with two attached hydrogens (primary N) is 1. The van der Waals surface area contributed by atoms with Gasteiger partial charge in [-0.05, 0) is 38.5 Å². The van der Waals surface area contributed by atoms with Crippen molar-refractivity contribution >= 4 is 34.7 Å². The zero-order valence-electron chi connectivity index (χ0n) is 19.6. The first kappa shape index (κ1) is 24.3. The van der Waals surface area contributed by atoms with Crippen molar-refractivity contribution in [3.63, 3.8) is 0 Å². The molecule has 2 aliphatic rings. The number of imidazole rings is 1. The molecule has 5 N–H and O–H groups in total. The van der Waals surface area contributed by atoms with Crippen LogP contribution in [0.5, 0.6) is 0 Å². The number of aromatic nitrogens is 4. The SMILES string of the molecule is NC(=O)C1CCC(n2c(Nc3c(F)cc(F)cc3F)nc3cnc(N[C@H]4CCCC[C@H]4O)nc32)CC1. The Morgan fingerprint density at radius 1 is 1.03 bits per heavy atom. The molecule has 1 amide bonds. The van der Waals surface area contributed by atoms with Crippen LogP contribution in [0, 0.1) is 23.4 Å². The second-order valence-corrected chi connectivity index (χ2v) is 9.59. The van der Waals surface area contributed by atoms with Crippen LogP contribution in [0.1, 0.15) is 57.4 Å². The van der Waals surface area contributed by atoms with Crippen LogP contribution in [-0.4, -0.2) is 42.7 Å². The number of aliphatic hydroxyl groups excluding tert-OH is 1. The minimum absolute atomic E-state index is 0.126. The van der Waals surface area contributed by atoms with Gasteiger partial charge in [0.1, 0.15) is 17.0 Å². The molecule has 2 aliphatic carbocycles. The Hall–Kier alpha value is -3.41. The van der Waals surface area contributed by atoms with E-state index in [-0.39, 0.29) is 29.9 Å². The number of hydrogen-bond donors (Lipinski definition) is 4. The second-order valence-electron chi connectivity index (χ2n) is 9.59. The fraction of sp³-hybridized carbons (Fsp3) is 0.500. The van der Waals surface area contributed by atoms with Crippen molar-refractivity contribution in [3.8, 4) is 0 Å². The number of anilines is 3. The standard InChI is InChI=1S/C24H28F3N7O2/c25-13-9-15(26)20(16(27)10-13)32-24-31-18-11-29-23(30-17-3-1-2-4-19(17)35)33-22(18)34(24)14-7-5-12(6-8-14)21(28)36/h9-12,14,17,19,35H,1-8H2,(H2,28,36)(H,31,32)(H,29,30,33)/t12?,14?,17-,19+/m0/s1. The predicted octanol–water partition coefficient (Wildman–Crippen LogP) is 3.92. The first-order valence-electron chi connectivity index (χ1n) is 12.2. The highest BCUT2D eigenvalue weighted by Gasteiger charge is 2.30. The van der Waals surface area contributed by atoms with E-state index < -0.39 is 29.2 Å². The van der Waals surface area contributed by atoms with Gasteiger partial charge in [0.25, 0.3) is 0 Å². The van der Waals surface area contributed by atoms with Crippen molar-refractivity contribution in [2.24, 2.45) is 11.7 Å². The normalized spacial score (nSPS) is 24.6. The molecule has 2 aromatic heterocycles. The summed E-state index contributed by atoms with van der Waals surface area (Å²) in [6.07, 6.45) is 6.71. The first-order chi connectivity index (χ1) is 17.3. The Balaban J connectivity index is 1.53. The lowest BCUT2D eigenvalue weighted by Crippen LogP contribution is -2.36. The van der Waals surface area contributed by atoms with Gasteiger partial charge in [-0.15, -0.1) is 0 Å². The van der Waals surface area contributed by atoms with E-state index in [0.717, 1.165) is 19.3 Å². The Morgan fingerprint density at radius 3 is 2.39 bits per heavy atom. The average molecular weight is 504 g/mol. The van der Waals surface area contributed by atoms with Crippen molar-refractivity contribution in [2.75, 3.05) is 10.6 Å². The molecule has 2 fully saturated rings. The lowest BCUT2D eigenvalue weighted by atomic mass is 9.85. The maximum atomic E-state index is 14.4. The van der Waals surface area contributed by atoms with E-state index in [1.807, 2.05) is 0 Å². The number of aliphatic hydroxyl groups is 1. The molecule has 0 saturated heterocycles. The van der Waals surface area contributed by atoms with Crippen LogP contribution in [0.15, 0.2) is 18.3 Å². The molecule has 0 spiro atoms. The van der Waals surface area contributed by atoms with E-state index in [0.29, 0.717) is 61.3 Å². The van der Waals surface area contributed by atoms with E-state index in [1.54, 1.807) is 4.57 Å². The molecule has 0 aliphatic heterocycles. The summed E-state index contributed by atoms with van der Waals surface area (Å²) < 4.78 is 44.1. The summed E-state index contributed by atoms with van der Waals surface area (Å²) >= 11 is 0. The summed E-state index contributed by atoms with van der Waals surface area (Å²) in [5, 5.41) is 16.2. The van der Waals surface area contributed by atoms with Crippen molar-refractivity contribution in [1.29, 1.82) is 0 Å². The van der Waals surface area contributed by atoms with Crippen LogP contribution in [0.2, 0.25) is 0 Å². The topological polar surface area (TPSA) is 131 Å². The molecule has 2 heterocycles. The Morgan fingerprint density at radius 2 is 1.72 bits per heavy atom. The highest BCUT2D eigenvalue weighted by atomic mass is 19.1. The minimum Gasteiger partial charge on any atom is -0.391 e. The number of benzene rings is 1. The first-order valence-corrected chi connectivity index (χ1v) is 12.2. The summed E-state index contributed by atoms with van der Waals surface area (Å²) in [5.74, 6) is -3.37. The van der Waals surface area contributed by atoms with E-state index >= 15 is 0 Å². The number of carbonyl (C=O) groups is 1. The molecular weight excluding hydrogens is 475 g/mol. The molecule has 3 aromatic rings. The van der Waals surface area contributed by atoms with Crippen molar-refractivity contribution in [1.82, 2.24) is 19.5 Å². The molecule has 12 heteroatoms. The molecule has 2 atom stereocenters. The number of amides is 1. The Labute approximate surface area is 205 Å². The Bertz CT molecular complexity index is 1250. The Kier molecular flexibility index (Phi) is 6.69. The maximum absolute atomic E-state index is 14.4. The summed E-state index contributed by atoms with van der Waals surface area (Å²) in [7, 11) is 0. The second kappa shape index (κ2) is 9.92. The molecule has 0 bridgehead atoms. The predicted molar refractivity (Wildman–Crippen MR) is 127 cm³/mol. The lowest BCUT2D eigenvalue weighted by Gasteiger charge is -2.29. The molecular formula is C24H28F3N7O2. The fourth-order valence-electron chi connectivity index (χ4n) is 5.23. The number of nitrogens with zero attached hydrogens (tertiary/aromatic N) is 4. The molecule has 2 saturated carbocycles. The number of nitrogens with one attached hydrogen (secondary N) is 2. The van der Waals surface area contributed by atoms with Crippen LogP contribution in [-0.2, 0) is 4.79 Å². The van der Waals surface area contributed by atoms with Crippen molar-refractivity contribution < 1.29 is 23.1 Å². The van der Waals surface area contributed by atoms with Gasteiger partial charge in [0.15, 0.2) is 17.3 Å². The van der Waals surface area contributed by atoms with Gasteiger partial charge in [-0.1, -0.05) is 12.8 Å². The highest BCUT2D eigenvalue weighted by Crippen LogP contribution is 2.37. The molecule has 9 nitrogen and oxygen atoms in total. The number of hydrogen-bond acceptors (Lipinski definition) is 7. The monoisotopic (exact) mass is 503 g/mol. The molecule has 1 aromatic carbocycles. The summed E-state index contributed by atoms with van der Waals surface area (Å²) in [6, 6.07) is 0.822. The summed E-state index contributed by atoms with van der Waals surface area (Å²) in [4.78, 5) is 25.1. The van der Waals surface area contributed by atoms with Gasteiger partial charge in [-0.2, -0.15) is 4.98 Å². The summed E-state index contributed by atoms with van der Waals surface area (Å²) in [6.45, 7) is 0. The molecule has 5 rings (SSSR count). The highest BCUT2D eigenvalue weighted by molar-refractivity contribution is 5.78. The van der Waals surface area contributed by atoms with Gasteiger partial charge in [0.2, 0.25) is 17.8 Å². The average Bonchev–Trinajstić information content (AvgIpc) is 3.20.